The zero-order valence-electron chi connectivity index (χ0n) is 17.3. The molecule has 2 amide bonds. The smallest absolute Gasteiger partial charge is 0.221 e. The van der Waals surface area contributed by atoms with Gasteiger partial charge in [-0.25, -0.2) is 0 Å². The van der Waals surface area contributed by atoms with E-state index in [4.69, 9.17) is 9.47 Å². The van der Waals surface area contributed by atoms with E-state index in [1.807, 2.05) is 39.8 Å². The summed E-state index contributed by atoms with van der Waals surface area (Å²) in [6.07, 6.45) is 3.75. The van der Waals surface area contributed by atoms with E-state index in [0.29, 0.717) is 24.3 Å². The van der Waals surface area contributed by atoms with E-state index in [2.05, 4.69) is 10.6 Å². The van der Waals surface area contributed by atoms with Crippen LogP contribution in [0, 0.1) is 0 Å². The number of nitrogens with one attached hydrogen (secondary N) is 2. The fourth-order valence-electron chi connectivity index (χ4n) is 2.56. The summed E-state index contributed by atoms with van der Waals surface area (Å²) in [5, 5.41) is 5.85. The number of rotatable bonds is 12. The van der Waals surface area contributed by atoms with Crippen molar-refractivity contribution in [3.63, 3.8) is 0 Å². The van der Waals surface area contributed by atoms with Gasteiger partial charge in [-0.05, 0) is 44.4 Å². The number of ether oxygens (including phenoxy) is 2. The molecule has 0 aliphatic carbocycles. The molecule has 2 N–H and O–H groups in total. The van der Waals surface area contributed by atoms with Gasteiger partial charge < -0.3 is 20.1 Å². The van der Waals surface area contributed by atoms with Crippen LogP contribution in [0.4, 0.5) is 0 Å². The summed E-state index contributed by atoms with van der Waals surface area (Å²) in [7, 11) is 1.58. The highest BCUT2D eigenvalue weighted by atomic mass is 16.5. The first-order chi connectivity index (χ1) is 12.9. The van der Waals surface area contributed by atoms with Crippen LogP contribution in [0.3, 0.4) is 0 Å². The van der Waals surface area contributed by atoms with Crippen LogP contribution in [0.1, 0.15) is 77.9 Å². The Labute approximate surface area is 163 Å². The third-order valence-corrected chi connectivity index (χ3v) is 4.01. The minimum absolute atomic E-state index is 0.0223. The van der Waals surface area contributed by atoms with Gasteiger partial charge in [0.15, 0.2) is 11.5 Å². The zero-order chi connectivity index (χ0) is 20.2. The highest BCUT2D eigenvalue weighted by Crippen LogP contribution is 2.30. The topological polar surface area (TPSA) is 76.7 Å². The molecule has 152 valence electrons. The molecule has 0 fully saturated rings. The molecule has 1 rings (SSSR count). The zero-order valence-corrected chi connectivity index (χ0v) is 17.3. The number of methoxy groups -OCH3 is 1. The summed E-state index contributed by atoms with van der Waals surface area (Å²) >= 11 is 0. The monoisotopic (exact) mass is 378 g/mol. The highest BCUT2D eigenvalue weighted by molar-refractivity contribution is 5.79. The average molecular weight is 379 g/mol. The van der Waals surface area contributed by atoms with Crippen molar-refractivity contribution in [1.29, 1.82) is 0 Å². The van der Waals surface area contributed by atoms with E-state index >= 15 is 0 Å². The summed E-state index contributed by atoms with van der Waals surface area (Å²) in [5.41, 5.74) is 0.751. The van der Waals surface area contributed by atoms with E-state index < -0.39 is 6.17 Å². The maximum absolute atomic E-state index is 12.2. The van der Waals surface area contributed by atoms with Gasteiger partial charge in [0.1, 0.15) is 6.17 Å². The van der Waals surface area contributed by atoms with Crippen LogP contribution in [0.5, 0.6) is 11.5 Å². The lowest BCUT2D eigenvalue weighted by molar-refractivity contribution is -0.124. The lowest BCUT2D eigenvalue weighted by atomic mass is 10.1. The molecule has 1 aromatic carbocycles. The molecule has 6 heteroatoms. The number of unbranched alkanes of at least 4 members (excludes halogenated alkanes) is 2. The standard InChI is InChI=1S/C21H34N2O4/c1-6-8-10-19(24)22-21(23-20(25)11-9-7-2)16-12-13-17(26-5)18(14-16)27-15(3)4/h12-15,21H,6-11H2,1-5H3,(H,22,24)(H,23,25). The Bertz CT molecular complexity index is 580. The van der Waals surface area contributed by atoms with Crippen LogP contribution in [0.25, 0.3) is 0 Å². The molecule has 0 saturated heterocycles. The Balaban J connectivity index is 3.04. The maximum Gasteiger partial charge on any atom is 0.221 e. The Morgan fingerprint density at radius 3 is 1.96 bits per heavy atom. The molecule has 27 heavy (non-hydrogen) atoms. The molecule has 0 aliphatic rings. The fraction of sp³-hybridized carbons (Fsp3) is 0.619. The SMILES string of the molecule is CCCCC(=O)NC(NC(=O)CCCC)c1ccc(OC)c(OC(C)C)c1. The van der Waals surface area contributed by atoms with Crippen LogP contribution in [-0.2, 0) is 9.59 Å². The first-order valence-corrected chi connectivity index (χ1v) is 9.84. The summed E-state index contributed by atoms with van der Waals surface area (Å²) in [6.45, 7) is 7.94. The van der Waals surface area contributed by atoms with E-state index in [0.717, 1.165) is 31.2 Å². The summed E-state index contributed by atoms with van der Waals surface area (Å²) in [4.78, 5) is 24.5. The lowest BCUT2D eigenvalue weighted by Gasteiger charge is -2.23. The number of carbonyl (C=O) groups excluding carboxylic acids is 2. The van der Waals surface area contributed by atoms with Gasteiger partial charge in [-0.15, -0.1) is 0 Å². The van der Waals surface area contributed by atoms with Crippen molar-refractivity contribution in [2.45, 2.75) is 78.5 Å². The largest absolute Gasteiger partial charge is 0.493 e. The molecule has 6 nitrogen and oxygen atoms in total. The number of amides is 2. The van der Waals surface area contributed by atoms with Crippen LogP contribution in [-0.4, -0.2) is 25.0 Å². The number of hydrogen-bond donors (Lipinski definition) is 2. The summed E-state index contributed by atoms with van der Waals surface area (Å²) < 4.78 is 11.2. The van der Waals surface area contributed by atoms with Gasteiger partial charge in [0, 0.05) is 12.8 Å². The first-order valence-electron chi connectivity index (χ1n) is 9.84. The van der Waals surface area contributed by atoms with Crippen LogP contribution in [0.15, 0.2) is 18.2 Å². The second-order valence-corrected chi connectivity index (χ2v) is 6.85. The van der Waals surface area contributed by atoms with E-state index in [1.165, 1.54) is 0 Å². The molecule has 0 bridgehead atoms. The molecule has 0 aromatic heterocycles. The minimum atomic E-state index is -0.598. The fourth-order valence-corrected chi connectivity index (χ4v) is 2.56. The van der Waals surface area contributed by atoms with Crippen molar-refractivity contribution in [3.8, 4) is 11.5 Å². The maximum atomic E-state index is 12.2. The predicted octanol–water partition coefficient (Wildman–Crippen LogP) is 4.09. The molecular weight excluding hydrogens is 344 g/mol. The lowest BCUT2D eigenvalue weighted by Crippen LogP contribution is -2.41. The van der Waals surface area contributed by atoms with Crippen LogP contribution >= 0.6 is 0 Å². The Kier molecular flexibility index (Phi) is 10.3. The predicted molar refractivity (Wildman–Crippen MR) is 107 cm³/mol. The number of carbonyl (C=O) groups is 2. The minimum Gasteiger partial charge on any atom is -0.493 e. The second kappa shape index (κ2) is 12.2. The van der Waals surface area contributed by atoms with Crippen molar-refractivity contribution in [1.82, 2.24) is 10.6 Å². The Morgan fingerprint density at radius 1 is 0.963 bits per heavy atom. The number of hydrogen-bond acceptors (Lipinski definition) is 4. The molecular formula is C21H34N2O4. The first kappa shape index (κ1) is 22.8. The number of benzene rings is 1. The van der Waals surface area contributed by atoms with Gasteiger partial charge >= 0.3 is 0 Å². The second-order valence-electron chi connectivity index (χ2n) is 6.85. The van der Waals surface area contributed by atoms with Gasteiger partial charge in [0.25, 0.3) is 0 Å². The molecule has 0 spiro atoms. The molecule has 0 heterocycles. The van der Waals surface area contributed by atoms with Crippen molar-refractivity contribution >= 4 is 11.8 Å². The van der Waals surface area contributed by atoms with Crippen LogP contribution in [0.2, 0.25) is 0 Å². The molecule has 0 radical (unpaired) electrons. The molecule has 1 aromatic rings. The third kappa shape index (κ3) is 8.33. The quantitative estimate of drug-likeness (QED) is 0.537. The summed E-state index contributed by atoms with van der Waals surface area (Å²) in [6, 6.07) is 5.43. The van der Waals surface area contributed by atoms with E-state index in [1.54, 1.807) is 13.2 Å². The van der Waals surface area contributed by atoms with E-state index in [9.17, 15) is 9.59 Å². The normalized spacial score (nSPS) is 10.8. The van der Waals surface area contributed by atoms with Gasteiger partial charge in [0.05, 0.1) is 13.2 Å². The highest BCUT2D eigenvalue weighted by Gasteiger charge is 2.19. The molecule has 0 atom stereocenters. The van der Waals surface area contributed by atoms with Gasteiger partial charge in [0.2, 0.25) is 11.8 Å². The Morgan fingerprint density at radius 2 is 1.52 bits per heavy atom. The Hall–Kier alpha value is -2.24. The molecule has 0 saturated carbocycles. The molecule has 0 unspecified atom stereocenters. The van der Waals surface area contributed by atoms with Gasteiger partial charge in [-0.3, -0.25) is 9.59 Å². The van der Waals surface area contributed by atoms with Crippen molar-refractivity contribution in [3.05, 3.63) is 23.8 Å². The van der Waals surface area contributed by atoms with Crippen molar-refractivity contribution in [2.24, 2.45) is 0 Å². The van der Waals surface area contributed by atoms with Crippen molar-refractivity contribution < 1.29 is 19.1 Å². The van der Waals surface area contributed by atoms with E-state index in [-0.39, 0.29) is 17.9 Å². The average Bonchev–Trinajstić information content (AvgIpc) is 2.63. The summed E-state index contributed by atoms with van der Waals surface area (Å²) in [5.74, 6) is 1.03. The van der Waals surface area contributed by atoms with Gasteiger partial charge in [-0.2, -0.15) is 0 Å². The third-order valence-electron chi connectivity index (χ3n) is 4.01. The van der Waals surface area contributed by atoms with Crippen LogP contribution < -0.4 is 20.1 Å². The molecule has 0 aliphatic heterocycles. The van der Waals surface area contributed by atoms with Crippen molar-refractivity contribution in [2.75, 3.05) is 7.11 Å². The van der Waals surface area contributed by atoms with Gasteiger partial charge in [-0.1, -0.05) is 32.8 Å².